The molecule has 5 heteroatoms. The molecule has 0 atom stereocenters. The molecular weight excluding hydrogens is 263 g/mol. The molecule has 0 radical (unpaired) electrons. The van der Waals surface area contributed by atoms with Crippen LogP contribution in [0.5, 0.6) is 0 Å². The van der Waals surface area contributed by atoms with Gasteiger partial charge in [0.15, 0.2) is 0 Å². The van der Waals surface area contributed by atoms with Crippen LogP contribution in [0.2, 0.25) is 0 Å². The number of rotatable bonds is 3. The third-order valence-corrected chi connectivity index (χ3v) is 2.48. The topological polar surface area (TPSA) is 45.0 Å². The van der Waals surface area contributed by atoms with E-state index in [9.17, 15) is 4.39 Å². The number of hydrogen-bond acceptors (Lipinski definition) is 3. The van der Waals surface area contributed by atoms with E-state index < -0.39 is 5.82 Å². The maximum Gasteiger partial charge on any atom is 0.135 e. The lowest BCUT2D eigenvalue weighted by Crippen LogP contribution is -1.93. The lowest BCUT2D eigenvalue weighted by molar-refractivity contribution is 0.321. The summed E-state index contributed by atoms with van der Waals surface area (Å²) in [4.78, 5) is 3.69. The second kappa shape index (κ2) is 4.84. The predicted octanol–water partition coefficient (Wildman–Crippen LogP) is 3.37. The van der Waals surface area contributed by atoms with Crippen molar-refractivity contribution in [3.8, 4) is 0 Å². The second-order valence-electron chi connectivity index (χ2n) is 2.62. The molecule has 3 nitrogen and oxygen atoms in total. The van der Waals surface area contributed by atoms with E-state index in [1.54, 1.807) is 0 Å². The molecule has 78 valence electrons. The fourth-order valence-corrected chi connectivity index (χ4v) is 1.73. The fourth-order valence-electron chi connectivity index (χ4n) is 1.18. The lowest BCUT2D eigenvalue weighted by Gasteiger charge is -2.07. The first-order valence-electron chi connectivity index (χ1n) is 3.94. The summed E-state index contributed by atoms with van der Waals surface area (Å²) in [6.07, 6.45) is 2.49. The molecule has 0 amide bonds. The van der Waals surface area contributed by atoms with Crippen molar-refractivity contribution in [2.45, 2.75) is 0 Å². The Morgan fingerprint density at radius 1 is 1.47 bits per heavy atom. The molecule has 0 unspecified atom stereocenters. The van der Waals surface area contributed by atoms with Gasteiger partial charge in [-0.25, -0.2) is 4.39 Å². The average Bonchev–Trinajstić information content (AvgIpc) is 2.21. The maximum atomic E-state index is 13.4. The van der Waals surface area contributed by atoms with Gasteiger partial charge in [0.05, 0.1) is 17.5 Å². The van der Waals surface area contributed by atoms with E-state index in [1.807, 2.05) is 0 Å². The fraction of sp³-hybridized carbons (Fsp3) is 0. The highest BCUT2D eigenvalue weighted by molar-refractivity contribution is 9.10. The van der Waals surface area contributed by atoms with Crippen LogP contribution in [-0.2, 0) is 0 Å². The first kappa shape index (κ1) is 11.6. The number of benzene rings is 1. The van der Waals surface area contributed by atoms with Crippen LogP contribution in [0.4, 0.5) is 10.1 Å². The predicted molar refractivity (Wildman–Crippen MR) is 62.8 cm³/mol. The van der Waals surface area contributed by atoms with Crippen molar-refractivity contribution in [1.29, 1.82) is 0 Å². The van der Waals surface area contributed by atoms with Crippen molar-refractivity contribution >= 4 is 40.6 Å². The van der Waals surface area contributed by atoms with Gasteiger partial charge < -0.3 is 5.21 Å². The number of nitrogens with zero attached hydrogens (tertiary/aromatic N) is 2. The zero-order chi connectivity index (χ0) is 11.4. The van der Waals surface area contributed by atoms with Crippen LogP contribution in [0, 0.1) is 5.82 Å². The van der Waals surface area contributed by atoms with E-state index in [2.05, 4.69) is 39.4 Å². The van der Waals surface area contributed by atoms with Gasteiger partial charge in [-0.05, 0) is 28.7 Å². The molecule has 0 saturated carbocycles. The highest BCUT2D eigenvalue weighted by atomic mass is 79.9. The van der Waals surface area contributed by atoms with Gasteiger partial charge in [0, 0.05) is 10.0 Å². The van der Waals surface area contributed by atoms with Gasteiger partial charge in [-0.3, -0.25) is 4.99 Å². The molecule has 0 bridgehead atoms. The highest BCUT2D eigenvalue weighted by Crippen LogP contribution is 2.32. The minimum atomic E-state index is -0.548. The molecule has 1 aromatic rings. The summed E-state index contributed by atoms with van der Waals surface area (Å²) in [6.45, 7) is 6.92. The summed E-state index contributed by atoms with van der Waals surface area (Å²) in [5, 5.41) is 11.2. The Balaban J connectivity index is 3.63. The summed E-state index contributed by atoms with van der Waals surface area (Å²) in [5.74, 6) is -0.548. The van der Waals surface area contributed by atoms with Crippen molar-refractivity contribution in [2.75, 3.05) is 0 Å². The molecule has 0 spiro atoms. The number of aliphatic imine (C=N–C) groups is 1. The molecule has 0 aromatic heterocycles. The van der Waals surface area contributed by atoms with Crippen LogP contribution in [0.1, 0.15) is 11.1 Å². The van der Waals surface area contributed by atoms with Crippen molar-refractivity contribution in [3.63, 3.8) is 0 Å². The maximum absolute atomic E-state index is 13.4. The van der Waals surface area contributed by atoms with E-state index in [1.165, 1.54) is 12.1 Å². The standard InChI is InChI=1S/C10H8BrFN2O/c1-3-6-8(11)4-9(12)7(5-14-15)10(6)13-2/h3-5,15H,1-2H2/b14-5+. The van der Waals surface area contributed by atoms with E-state index in [0.29, 0.717) is 10.0 Å². The molecule has 0 aliphatic heterocycles. The quantitative estimate of drug-likeness (QED) is 0.511. The molecule has 0 aliphatic rings. The Morgan fingerprint density at radius 3 is 2.60 bits per heavy atom. The monoisotopic (exact) mass is 270 g/mol. The number of oxime groups is 1. The summed E-state index contributed by atoms with van der Waals surface area (Å²) in [5.41, 5.74) is 0.960. The van der Waals surface area contributed by atoms with Crippen molar-refractivity contribution in [3.05, 3.63) is 34.1 Å². The summed E-state index contributed by atoms with van der Waals surface area (Å²) < 4.78 is 14.0. The largest absolute Gasteiger partial charge is 0.411 e. The van der Waals surface area contributed by atoms with Gasteiger partial charge >= 0.3 is 0 Å². The average molecular weight is 271 g/mol. The van der Waals surface area contributed by atoms with Crippen LogP contribution in [0.15, 0.2) is 27.3 Å². The number of hydrogen-bond donors (Lipinski definition) is 1. The lowest BCUT2D eigenvalue weighted by atomic mass is 10.1. The van der Waals surface area contributed by atoms with Crippen LogP contribution >= 0.6 is 15.9 Å². The smallest absolute Gasteiger partial charge is 0.135 e. The minimum absolute atomic E-state index is 0.0746. The van der Waals surface area contributed by atoms with Gasteiger partial charge in [-0.2, -0.15) is 0 Å². The van der Waals surface area contributed by atoms with E-state index >= 15 is 0 Å². The third-order valence-electron chi connectivity index (χ3n) is 1.83. The Hall–Kier alpha value is -1.49. The Bertz CT molecular complexity index is 444. The van der Waals surface area contributed by atoms with Crippen LogP contribution in [0.25, 0.3) is 6.08 Å². The van der Waals surface area contributed by atoms with Crippen LogP contribution < -0.4 is 0 Å². The van der Waals surface area contributed by atoms with Crippen LogP contribution in [0.3, 0.4) is 0 Å². The Labute approximate surface area is 94.8 Å². The first-order chi connectivity index (χ1) is 7.15. The van der Waals surface area contributed by atoms with Crippen LogP contribution in [-0.4, -0.2) is 18.1 Å². The Morgan fingerprint density at radius 2 is 2.13 bits per heavy atom. The molecule has 1 N–H and O–H groups in total. The third kappa shape index (κ3) is 2.12. The molecule has 0 heterocycles. The number of halogens is 2. The van der Waals surface area contributed by atoms with Gasteiger partial charge in [0.2, 0.25) is 0 Å². The van der Waals surface area contributed by atoms with Crippen molar-refractivity contribution < 1.29 is 9.60 Å². The SMILES string of the molecule is C=Cc1c(Br)cc(F)c(/C=N/O)c1N=C. The van der Waals surface area contributed by atoms with E-state index in [-0.39, 0.29) is 11.3 Å². The Kier molecular flexibility index (Phi) is 3.74. The van der Waals surface area contributed by atoms with Gasteiger partial charge in [0.25, 0.3) is 0 Å². The molecule has 1 rings (SSSR count). The zero-order valence-corrected chi connectivity index (χ0v) is 9.33. The summed E-state index contributed by atoms with van der Waals surface area (Å²) >= 11 is 3.18. The molecule has 1 aromatic carbocycles. The van der Waals surface area contributed by atoms with Crippen molar-refractivity contribution in [1.82, 2.24) is 0 Å². The minimum Gasteiger partial charge on any atom is -0.411 e. The molecule has 0 fully saturated rings. The molecule has 0 saturated heterocycles. The molecule has 0 aliphatic carbocycles. The van der Waals surface area contributed by atoms with E-state index in [4.69, 9.17) is 5.21 Å². The van der Waals surface area contributed by atoms with Gasteiger partial charge in [-0.1, -0.05) is 17.8 Å². The summed E-state index contributed by atoms with van der Waals surface area (Å²) in [7, 11) is 0. The van der Waals surface area contributed by atoms with Crippen molar-refractivity contribution in [2.24, 2.45) is 10.1 Å². The van der Waals surface area contributed by atoms with E-state index in [0.717, 1.165) is 6.21 Å². The van der Waals surface area contributed by atoms with Gasteiger partial charge in [-0.15, -0.1) is 0 Å². The first-order valence-corrected chi connectivity index (χ1v) is 4.73. The molecule has 15 heavy (non-hydrogen) atoms. The summed E-state index contributed by atoms with van der Waals surface area (Å²) in [6, 6.07) is 1.25. The molecular formula is C10H8BrFN2O. The zero-order valence-electron chi connectivity index (χ0n) is 7.74. The second-order valence-corrected chi connectivity index (χ2v) is 3.48. The normalized spacial score (nSPS) is 10.5. The van der Waals surface area contributed by atoms with Gasteiger partial charge in [0.1, 0.15) is 5.82 Å². The highest BCUT2D eigenvalue weighted by Gasteiger charge is 2.13.